The van der Waals surface area contributed by atoms with Gasteiger partial charge in [0.1, 0.15) is 11.4 Å². The minimum atomic E-state index is -0.290. The van der Waals surface area contributed by atoms with Crippen molar-refractivity contribution in [1.82, 2.24) is 19.4 Å². The Morgan fingerprint density at radius 1 is 1.17 bits per heavy atom. The lowest BCUT2D eigenvalue weighted by Crippen LogP contribution is -2.36. The number of H-pyrrole nitrogens is 1. The second-order valence-electron chi connectivity index (χ2n) is 9.33. The standard InChI is InChI=1S/C26H29ClN6O2/c27-33-22-6-2-1-5-19(22)24(29-16-17-4-3-9-28-15-17)23(26(33)34)25-30-20-8-7-18(14-21(20)31-25)32-10-12-35-13-11-32/h1-2,5-8,14,17,28-29H,3-4,9-13,15-16H2,(H,30,31). The number of para-hydroxylation sites is 1. The minimum absolute atomic E-state index is 0.290. The Kier molecular flexibility index (Phi) is 6.10. The number of nitrogens with one attached hydrogen (secondary N) is 3. The monoisotopic (exact) mass is 492 g/mol. The predicted molar refractivity (Wildman–Crippen MR) is 142 cm³/mol. The Balaban J connectivity index is 1.44. The van der Waals surface area contributed by atoms with E-state index in [0.717, 1.165) is 86.6 Å². The number of aromatic amines is 1. The molecule has 4 heterocycles. The molecule has 8 nitrogen and oxygen atoms in total. The van der Waals surface area contributed by atoms with E-state index in [1.807, 2.05) is 30.3 Å². The quantitative estimate of drug-likeness (QED) is 0.393. The van der Waals surface area contributed by atoms with Crippen molar-refractivity contribution in [3.8, 4) is 11.4 Å². The van der Waals surface area contributed by atoms with Gasteiger partial charge in [-0.25, -0.2) is 9.07 Å². The number of piperidine rings is 1. The normalized spacial score (nSPS) is 18.9. The predicted octanol–water partition coefficient (Wildman–Crippen LogP) is 3.79. The van der Waals surface area contributed by atoms with Crippen LogP contribution in [-0.4, -0.2) is 60.0 Å². The Morgan fingerprint density at radius 2 is 2.03 bits per heavy atom. The summed E-state index contributed by atoms with van der Waals surface area (Å²) in [6.07, 6.45) is 2.33. The van der Waals surface area contributed by atoms with E-state index in [-0.39, 0.29) is 5.56 Å². The number of aromatic nitrogens is 3. The molecule has 0 saturated carbocycles. The topological polar surface area (TPSA) is 87.2 Å². The van der Waals surface area contributed by atoms with Gasteiger partial charge in [0, 0.05) is 42.5 Å². The SMILES string of the molecule is O=c1c(-c2nc3ccc(N4CCOCC4)cc3[nH]2)c(NCC2CCCNC2)c2ccccc2n1Cl. The van der Waals surface area contributed by atoms with E-state index in [1.165, 1.54) is 4.09 Å². The molecule has 1 unspecified atom stereocenters. The van der Waals surface area contributed by atoms with Crippen LogP contribution in [0.2, 0.25) is 0 Å². The summed E-state index contributed by atoms with van der Waals surface area (Å²) >= 11 is 6.53. The summed E-state index contributed by atoms with van der Waals surface area (Å²) in [6.45, 7) is 5.99. The van der Waals surface area contributed by atoms with Crippen LogP contribution in [0.4, 0.5) is 11.4 Å². The minimum Gasteiger partial charge on any atom is -0.383 e. The molecule has 6 rings (SSSR count). The molecule has 0 aliphatic carbocycles. The molecule has 4 aromatic rings. The molecule has 2 saturated heterocycles. The Labute approximate surface area is 208 Å². The number of fused-ring (bicyclic) bond motifs is 2. The number of hydrogen-bond acceptors (Lipinski definition) is 6. The first-order valence-electron chi connectivity index (χ1n) is 12.3. The van der Waals surface area contributed by atoms with Gasteiger partial charge < -0.3 is 25.3 Å². The van der Waals surface area contributed by atoms with Crippen molar-refractivity contribution < 1.29 is 4.74 Å². The first-order valence-corrected chi connectivity index (χ1v) is 12.6. The Hall–Kier alpha value is -3.07. The number of anilines is 2. The highest BCUT2D eigenvalue weighted by Crippen LogP contribution is 2.33. The first kappa shape index (κ1) is 22.4. The molecule has 0 spiro atoms. The number of nitrogens with zero attached hydrogens (tertiary/aromatic N) is 3. The summed E-state index contributed by atoms with van der Waals surface area (Å²) in [5, 5.41) is 7.97. The van der Waals surface area contributed by atoms with E-state index < -0.39 is 0 Å². The van der Waals surface area contributed by atoms with Gasteiger partial charge in [-0.3, -0.25) is 4.79 Å². The van der Waals surface area contributed by atoms with Gasteiger partial charge in [0.15, 0.2) is 0 Å². The smallest absolute Gasteiger partial charge is 0.278 e. The van der Waals surface area contributed by atoms with Crippen LogP contribution in [0.25, 0.3) is 33.3 Å². The zero-order valence-electron chi connectivity index (χ0n) is 19.5. The van der Waals surface area contributed by atoms with Crippen LogP contribution in [0.3, 0.4) is 0 Å². The highest BCUT2D eigenvalue weighted by molar-refractivity contribution is 6.20. The average Bonchev–Trinajstić information content (AvgIpc) is 3.34. The van der Waals surface area contributed by atoms with E-state index in [0.29, 0.717) is 22.8 Å². The van der Waals surface area contributed by atoms with Crippen LogP contribution in [0.15, 0.2) is 47.3 Å². The van der Waals surface area contributed by atoms with Crippen LogP contribution in [0, 0.1) is 5.92 Å². The van der Waals surface area contributed by atoms with E-state index in [1.54, 1.807) is 0 Å². The molecule has 0 bridgehead atoms. The summed E-state index contributed by atoms with van der Waals surface area (Å²) in [4.78, 5) is 24.1. The highest BCUT2D eigenvalue weighted by atomic mass is 35.5. The molecule has 3 N–H and O–H groups in total. The summed E-state index contributed by atoms with van der Waals surface area (Å²) < 4.78 is 6.69. The van der Waals surface area contributed by atoms with Crippen molar-refractivity contribution in [2.24, 2.45) is 5.92 Å². The van der Waals surface area contributed by atoms with Gasteiger partial charge in [0.05, 0.1) is 35.5 Å². The number of pyridine rings is 1. The van der Waals surface area contributed by atoms with Gasteiger partial charge in [0.25, 0.3) is 5.56 Å². The largest absolute Gasteiger partial charge is 0.383 e. The van der Waals surface area contributed by atoms with Gasteiger partial charge in [-0.15, -0.1) is 0 Å². The summed E-state index contributed by atoms with van der Waals surface area (Å²) in [7, 11) is 0. The number of rotatable bonds is 5. The maximum Gasteiger partial charge on any atom is 0.278 e. The number of benzene rings is 2. The third kappa shape index (κ3) is 4.26. The third-order valence-electron chi connectivity index (χ3n) is 7.07. The molecular weight excluding hydrogens is 464 g/mol. The lowest BCUT2D eigenvalue weighted by molar-refractivity contribution is 0.122. The molecule has 2 fully saturated rings. The molecule has 2 aliphatic rings. The zero-order chi connectivity index (χ0) is 23.8. The number of morpholine rings is 1. The average molecular weight is 493 g/mol. The second kappa shape index (κ2) is 9.53. The van der Waals surface area contributed by atoms with Crippen molar-refractivity contribution in [2.75, 3.05) is 56.2 Å². The summed E-state index contributed by atoms with van der Waals surface area (Å²) in [5.74, 6) is 1.02. The number of ether oxygens (including phenoxy) is 1. The fourth-order valence-corrected chi connectivity index (χ4v) is 5.42. The maximum atomic E-state index is 13.5. The lowest BCUT2D eigenvalue weighted by Gasteiger charge is -2.28. The fourth-order valence-electron chi connectivity index (χ4n) is 5.19. The molecule has 0 amide bonds. The number of halogens is 1. The second-order valence-corrected chi connectivity index (χ2v) is 9.67. The molecule has 2 aliphatic heterocycles. The maximum absolute atomic E-state index is 13.5. The van der Waals surface area contributed by atoms with Crippen molar-refractivity contribution >= 4 is 45.1 Å². The molecule has 2 aromatic heterocycles. The summed E-state index contributed by atoms with van der Waals surface area (Å²) in [5.41, 5.74) is 4.45. The van der Waals surface area contributed by atoms with Gasteiger partial charge in [0.2, 0.25) is 0 Å². The molecule has 2 aromatic carbocycles. The zero-order valence-corrected chi connectivity index (χ0v) is 20.3. The first-order chi connectivity index (χ1) is 17.2. The van der Waals surface area contributed by atoms with Gasteiger partial charge in [-0.05, 0) is 56.1 Å². The number of imidazole rings is 1. The van der Waals surface area contributed by atoms with Crippen LogP contribution in [0.5, 0.6) is 0 Å². The van der Waals surface area contributed by atoms with E-state index >= 15 is 0 Å². The van der Waals surface area contributed by atoms with Gasteiger partial charge in [-0.2, -0.15) is 0 Å². The van der Waals surface area contributed by atoms with E-state index in [9.17, 15) is 4.79 Å². The third-order valence-corrected chi connectivity index (χ3v) is 7.41. The molecule has 1 atom stereocenters. The van der Waals surface area contributed by atoms with E-state index in [4.69, 9.17) is 21.5 Å². The highest BCUT2D eigenvalue weighted by Gasteiger charge is 2.22. The van der Waals surface area contributed by atoms with Crippen molar-refractivity contribution in [3.63, 3.8) is 0 Å². The van der Waals surface area contributed by atoms with Crippen LogP contribution < -0.4 is 21.1 Å². The Morgan fingerprint density at radius 3 is 2.86 bits per heavy atom. The fraction of sp³-hybridized carbons (Fsp3) is 0.385. The molecule has 9 heteroatoms. The molecular formula is C26H29ClN6O2. The van der Waals surface area contributed by atoms with Crippen molar-refractivity contribution in [1.29, 1.82) is 0 Å². The summed E-state index contributed by atoms with van der Waals surface area (Å²) in [6, 6.07) is 13.9. The lowest BCUT2D eigenvalue weighted by atomic mass is 9.99. The molecule has 35 heavy (non-hydrogen) atoms. The van der Waals surface area contributed by atoms with Crippen molar-refractivity contribution in [3.05, 3.63) is 52.8 Å². The van der Waals surface area contributed by atoms with Crippen LogP contribution in [0.1, 0.15) is 12.8 Å². The van der Waals surface area contributed by atoms with E-state index in [2.05, 4.69) is 32.7 Å². The molecule has 0 radical (unpaired) electrons. The van der Waals surface area contributed by atoms with Crippen molar-refractivity contribution in [2.45, 2.75) is 12.8 Å². The molecule has 182 valence electrons. The van der Waals surface area contributed by atoms with Gasteiger partial charge in [-0.1, -0.05) is 18.2 Å². The van der Waals surface area contributed by atoms with Crippen LogP contribution >= 0.6 is 11.8 Å². The van der Waals surface area contributed by atoms with Crippen LogP contribution in [-0.2, 0) is 4.74 Å². The van der Waals surface area contributed by atoms with Gasteiger partial charge >= 0.3 is 0 Å². The Bertz CT molecular complexity index is 1420. The number of hydrogen-bond donors (Lipinski definition) is 3.